The van der Waals surface area contributed by atoms with Crippen LogP contribution in [0.1, 0.15) is 10.5 Å². The lowest BCUT2D eigenvalue weighted by Gasteiger charge is -2.12. The Balaban J connectivity index is 1.35. The predicted molar refractivity (Wildman–Crippen MR) is 123 cm³/mol. The molecule has 4 rings (SSSR count). The summed E-state index contributed by atoms with van der Waals surface area (Å²) >= 11 is 4.94. The number of halogens is 1. The Labute approximate surface area is 186 Å². The van der Waals surface area contributed by atoms with Crippen molar-refractivity contribution in [2.75, 3.05) is 12.3 Å². The number of aliphatic hydroxyl groups is 1. The third-order valence-corrected chi connectivity index (χ3v) is 6.21. The van der Waals surface area contributed by atoms with Crippen molar-refractivity contribution < 1.29 is 9.90 Å². The molecule has 0 radical (unpaired) electrons. The topological polar surface area (TPSA) is 90.9 Å². The lowest BCUT2D eigenvalue weighted by molar-refractivity contribution is 0.0921. The van der Waals surface area contributed by atoms with E-state index in [1.165, 1.54) is 0 Å². The van der Waals surface area contributed by atoms with Gasteiger partial charge in [0.2, 0.25) is 0 Å². The molecule has 0 bridgehead atoms. The molecule has 0 aliphatic carbocycles. The first-order chi connectivity index (χ1) is 14.6. The minimum Gasteiger partial charge on any atom is -0.390 e. The van der Waals surface area contributed by atoms with Gasteiger partial charge in [-0.2, -0.15) is 5.10 Å². The number of aromatic amines is 1. The van der Waals surface area contributed by atoms with Crippen LogP contribution >= 0.6 is 27.7 Å². The highest BCUT2D eigenvalue weighted by Crippen LogP contribution is 2.24. The lowest BCUT2D eigenvalue weighted by Crippen LogP contribution is -2.33. The van der Waals surface area contributed by atoms with Crippen molar-refractivity contribution in [2.45, 2.75) is 11.0 Å². The highest BCUT2D eigenvalue weighted by molar-refractivity contribution is 9.10. The lowest BCUT2D eigenvalue weighted by atomic mass is 10.0. The molecule has 0 saturated heterocycles. The van der Waals surface area contributed by atoms with Crippen LogP contribution in [0.5, 0.6) is 0 Å². The SMILES string of the molecule is O=C(NCC(O)CSc1ccc(Br)cc1)c1cc(-c2ccc3[nH]ncc3c2)ccn1. The van der Waals surface area contributed by atoms with Crippen molar-refractivity contribution in [2.24, 2.45) is 0 Å². The number of fused-ring (bicyclic) bond motifs is 1. The van der Waals surface area contributed by atoms with Gasteiger partial charge in [-0.1, -0.05) is 22.0 Å². The number of hydrogen-bond donors (Lipinski definition) is 3. The number of benzene rings is 2. The van der Waals surface area contributed by atoms with Gasteiger partial charge >= 0.3 is 0 Å². The van der Waals surface area contributed by atoms with Crippen molar-refractivity contribution in [1.29, 1.82) is 0 Å². The zero-order valence-corrected chi connectivity index (χ0v) is 18.3. The Morgan fingerprint density at radius 2 is 1.93 bits per heavy atom. The van der Waals surface area contributed by atoms with E-state index < -0.39 is 6.10 Å². The minimum atomic E-state index is -0.658. The zero-order chi connectivity index (χ0) is 20.9. The third-order valence-electron chi connectivity index (χ3n) is 4.52. The molecule has 8 heteroatoms. The molecular formula is C22H19BrN4O2S. The average Bonchev–Trinajstić information content (AvgIpc) is 3.25. The molecule has 1 amide bonds. The van der Waals surface area contributed by atoms with Crippen LogP contribution in [0.2, 0.25) is 0 Å². The molecule has 30 heavy (non-hydrogen) atoms. The number of hydrogen-bond acceptors (Lipinski definition) is 5. The Hall–Kier alpha value is -2.68. The van der Waals surface area contributed by atoms with Gasteiger partial charge < -0.3 is 10.4 Å². The molecule has 1 atom stereocenters. The summed E-state index contributed by atoms with van der Waals surface area (Å²) in [6.45, 7) is 0.162. The summed E-state index contributed by atoms with van der Waals surface area (Å²) in [5.41, 5.74) is 3.14. The van der Waals surface area contributed by atoms with Crippen LogP contribution in [0, 0.1) is 0 Å². The number of amides is 1. The maximum Gasteiger partial charge on any atom is 0.269 e. The van der Waals surface area contributed by atoms with Crippen molar-refractivity contribution in [1.82, 2.24) is 20.5 Å². The summed E-state index contributed by atoms with van der Waals surface area (Å²) in [7, 11) is 0. The molecule has 4 aromatic rings. The molecule has 0 spiro atoms. The summed E-state index contributed by atoms with van der Waals surface area (Å²) in [4.78, 5) is 17.7. The molecule has 0 saturated carbocycles. The molecule has 6 nitrogen and oxygen atoms in total. The summed E-state index contributed by atoms with van der Waals surface area (Å²) in [6.07, 6.45) is 2.72. The molecule has 0 fully saturated rings. The van der Waals surface area contributed by atoms with Crippen LogP contribution in [0.4, 0.5) is 0 Å². The number of aliphatic hydroxyl groups excluding tert-OH is 1. The normalized spacial score (nSPS) is 12.1. The molecule has 2 aromatic heterocycles. The molecule has 3 N–H and O–H groups in total. The van der Waals surface area contributed by atoms with E-state index in [1.807, 2.05) is 48.5 Å². The van der Waals surface area contributed by atoms with E-state index in [0.717, 1.165) is 31.4 Å². The Kier molecular flexibility index (Phi) is 6.47. The monoisotopic (exact) mass is 482 g/mol. The van der Waals surface area contributed by atoms with E-state index in [9.17, 15) is 9.90 Å². The molecule has 2 heterocycles. The van der Waals surface area contributed by atoms with E-state index in [2.05, 4.69) is 36.4 Å². The second-order valence-electron chi connectivity index (χ2n) is 6.73. The largest absolute Gasteiger partial charge is 0.390 e. The Morgan fingerprint density at radius 1 is 1.13 bits per heavy atom. The van der Waals surface area contributed by atoms with Gasteiger partial charge in [0, 0.05) is 33.2 Å². The highest BCUT2D eigenvalue weighted by Gasteiger charge is 2.12. The van der Waals surface area contributed by atoms with Crippen LogP contribution in [-0.2, 0) is 0 Å². The second-order valence-corrected chi connectivity index (χ2v) is 8.74. The van der Waals surface area contributed by atoms with Gasteiger partial charge in [0.25, 0.3) is 5.91 Å². The van der Waals surface area contributed by atoms with Crippen LogP contribution in [0.15, 0.2) is 76.4 Å². The number of carbonyl (C=O) groups is 1. The smallest absolute Gasteiger partial charge is 0.269 e. The third kappa shape index (κ3) is 5.08. The number of rotatable bonds is 7. The fourth-order valence-electron chi connectivity index (χ4n) is 2.94. The van der Waals surface area contributed by atoms with E-state index in [0.29, 0.717) is 11.4 Å². The number of H-pyrrole nitrogens is 1. The second kappa shape index (κ2) is 9.42. The van der Waals surface area contributed by atoms with E-state index in [1.54, 1.807) is 30.2 Å². The first kappa shape index (κ1) is 20.6. The standard InChI is InChI=1S/C22H19BrN4O2S/c23-17-2-4-19(5-3-17)30-13-18(28)12-25-22(29)21-10-15(7-8-24-21)14-1-6-20-16(9-14)11-26-27-20/h1-11,18,28H,12-13H2,(H,25,29)(H,26,27). The Bertz CT molecular complexity index is 1160. The fraction of sp³-hybridized carbons (Fsp3) is 0.136. The average molecular weight is 483 g/mol. The number of nitrogens with one attached hydrogen (secondary N) is 2. The van der Waals surface area contributed by atoms with Crippen LogP contribution in [0.25, 0.3) is 22.0 Å². The van der Waals surface area contributed by atoms with Gasteiger partial charge in [0.1, 0.15) is 5.69 Å². The van der Waals surface area contributed by atoms with Crippen LogP contribution < -0.4 is 5.32 Å². The summed E-state index contributed by atoms with van der Waals surface area (Å²) in [6, 6.07) is 17.4. The minimum absolute atomic E-state index is 0.162. The Morgan fingerprint density at radius 3 is 2.77 bits per heavy atom. The first-order valence-electron chi connectivity index (χ1n) is 9.33. The van der Waals surface area contributed by atoms with Crippen molar-refractivity contribution in [3.63, 3.8) is 0 Å². The van der Waals surface area contributed by atoms with Gasteiger partial charge in [-0.3, -0.25) is 14.9 Å². The van der Waals surface area contributed by atoms with Gasteiger partial charge in [-0.25, -0.2) is 0 Å². The number of aromatic nitrogens is 3. The van der Waals surface area contributed by atoms with Crippen LogP contribution in [-0.4, -0.2) is 44.6 Å². The zero-order valence-electron chi connectivity index (χ0n) is 15.9. The number of pyridine rings is 1. The molecule has 0 aliphatic rings. The molecule has 0 aliphatic heterocycles. The van der Waals surface area contributed by atoms with Crippen molar-refractivity contribution in [3.05, 3.63) is 77.2 Å². The van der Waals surface area contributed by atoms with Crippen molar-refractivity contribution >= 4 is 44.5 Å². The van der Waals surface area contributed by atoms with Gasteiger partial charge in [0.05, 0.1) is 17.8 Å². The number of thioether (sulfide) groups is 1. The maximum absolute atomic E-state index is 12.5. The molecule has 152 valence electrons. The molecular weight excluding hydrogens is 464 g/mol. The fourth-order valence-corrected chi connectivity index (χ4v) is 4.04. The highest BCUT2D eigenvalue weighted by atomic mass is 79.9. The summed E-state index contributed by atoms with van der Waals surface area (Å²) in [5, 5.41) is 20.9. The van der Waals surface area contributed by atoms with Gasteiger partial charge in [-0.15, -0.1) is 11.8 Å². The summed E-state index contributed by atoms with van der Waals surface area (Å²) in [5.74, 6) is 0.175. The summed E-state index contributed by atoms with van der Waals surface area (Å²) < 4.78 is 1.01. The molecule has 2 aromatic carbocycles. The quantitative estimate of drug-likeness (QED) is 0.342. The van der Waals surface area contributed by atoms with Crippen LogP contribution in [0.3, 0.4) is 0 Å². The number of nitrogens with zero attached hydrogens (tertiary/aromatic N) is 2. The predicted octanol–water partition coefficient (Wildman–Crippen LogP) is 4.27. The first-order valence-corrected chi connectivity index (χ1v) is 11.1. The molecule has 1 unspecified atom stereocenters. The van der Waals surface area contributed by atoms with E-state index >= 15 is 0 Å². The van der Waals surface area contributed by atoms with Crippen molar-refractivity contribution in [3.8, 4) is 11.1 Å². The van der Waals surface area contributed by atoms with Gasteiger partial charge in [0.15, 0.2) is 0 Å². The van der Waals surface area contributed by atoms with E-state index in [-0.39, 0.29) is 12.5 Å². The number of carbonyl (C=O) groups excluding carboxylic acids is 1. The maximum atomic E-state index is 12.5. The van der Waals surface area contributed by atoms with E-state index in [4.69, 9.17) is 0 Å². The van der Waals surface area contributed by atoms with Gasteiger partial charge in [-0.05, 0) is 59.7 Å².